The van der Waals surface area contributed by atoms with E-state index in [1.807, 2.05) is 37.3 Å². The van der Waals surface area contributed by atoms with Crippen LogP contribution in [0.15, 0.2) is 30.3 Å². The zero-order valence-electron chi connectivity index (χ0n) is 14.8. The van der Waals surface area contributed by atoms with Crippen LogP contribution < -0.4 is 5.32 Å². The highest BCUT2D eigenvalue weighted by molar-refractivity contribution is 5.81. The first-order valence-electron chi connectivity index (χ1n) is 8.81. The summed E-state index contributed by atoms with van der Waals surface area (Å²) in [5.74, 6) is -0.414. The van der Waals surface area contributed by atoms with Crippen molar-refractivity contribution < 1.29 is 19.1 Å². The van der Waals surface area contributed by atoms with Gasteiger partial charge in [-0.05, 0) is 18.4 Å². The zero-order valence-corrected chi connectivity index (χ0v) is 14.8. The largest absolute Gasteiger partial charge is 0.464 e. The monoisotopic (exact) mass is 335 g/mol. The number of esters is 1. The van der Waals surface area contributed by atoms with Crippen LogP contribution in [0.3, 0.4) is 0 Å². The van der Waals surface area contributed by atoms with Crippen molar-refractivity contribution in [3.8, 4) is 0 Å². The summed E-state index contributed by atoms with van der Waals surface area (Å²) in [6.45, 7) is 4.84. The molecule has 0 aromatic heterocycles. The second kappa shape index (κ2) is 12.4. The van der Waals surface area contributed by atoms with Crippen LogP contribution in [0, 0.1) is 0 Å². The quantitative estimate of drug-likeness (QED) is 0.493. The molecular formula is C19H29NO4. The number of ether oxygens (including phenoxy) is 2. The number of hydrogen-bond acceptors (Lipinski definition) is 4. The standard InChI is InChI=1S/C19H29NO4/c1-3-5-10-14-23-18(21)17(15-16-11-8-7-9-12-16)20-19(22)24-13-6-4-2/h7-9,11-12,17H,3-6,10,13-15H2,1-2H3,(H,20,22)/t17-/m0/s1. The van der Waals surface area contributed by atoms with E-state index in [-0.39, 0.29) is 0 Å². The number of nitrogens with one attached hydrogen (secondary N) is 1. The Kier molecular flexibility index (Phi) is 10.3. The van der Waals surface area contributed by atoms with Gasteiger partial charge in [0.25, 0.3) is 0 Å². The molecule has 0 saturated carbocycles. The lowest BCUT2D eigenvalue weighted by atomic mass is 10.1. The van der Waals surface area contributed by atoms with E-state index in [1.165, 1.54) is 0 Å². The molecule has 0 saturated heterocycles. The first-order chi connectivity index (χ1) is 11.7. The van der Waals surface area contributed by atoms with Gasteiger partial charge in [-0.25, -0.2) is 9.59 Å². The molecule has 0 fully saturated rings. The fourth-order valence-corrected chi connectivity index (χ4v) is 2.16. The van der Waals surface area contributed by atoms with Gasteiger partial charge in [0.15, 0.2) is 0 Å². The van der Waals surface area contributed by atoms with Gasteiger partial charge in [-0.15, -0.1) is 0 Å². The minimum absolute atomic E-state index is 0.353. The Labute approximate surface area is 144 Å². The SMILES string of the molecule is CCCCCOC(=O)[C@H](Cc1ccccc1)NC(=O)OCCCC. The average Bonchev–Trinajstić information content (AvgIpc) is 2.59. The molecule has 0 spiro atoms. The molecule has 0 aliphatic rings. The summed E-state index contributed by atoms with van der Waals surface area (Å²) in [5.41, 5.74) is 0.960. The van der Waals surface area contributed by atoms with E-state index < -0.39 is 18.1 Å². The molecule has 1 N–H and O–H groups in total. The van der Waals surface area contributed by atoms with Gasteiger partial charge in [0, 0.05) is 6.42 Å². The molecule has 5 heteroatoms. The van der Waals surface area contributed by atoms with Crippen LogP contribution in [-0.2, 0) is 20.7 Å². The van der Waals surface area contributed by atoms with Crippen molar-refractivity contribution in [2.24, 2.45) is 0 Å². The number of amides is 1. The number of rotatable bonds is 11. The average molecular weight is 335 g/mol. The maximum atomic E-state index is 12.3. The lowest BCUT2D eigenvalue weighted by Crippen LogP contribution is -2.43. The maximum absolute atomic E-state index is 12.3. The topological polar surface area (TPSA) is 64.6 Å². The second-order valence-corrected chi connectivity index (χ2v) is 5.75. The molecule has 5 nitrogen and oxygen atoms in total. The number of carbonyl (C=O) groups is 2. The molecule has 0 aliphatic heterocycles. The van der Waals surface area contributed by atoms with Crippen LogP contribution in [-0.4, -0.2) is 31.3 Å². The van der Waals surface area contributed by atoms with Gasteiger partial charge in [0.05, 0.1) is 13.2 Å². The fourth-order valence-electron chi connectivity index (χ4n) is 2.16. The summed E-state index contributed by atoms with van der Waals surface area (Å²) in [6, 6.07) is 8.82. The van der Waals surface area contributed by atoms with E-state index >= 15 is 0 Å². The third-order valence-corrected chi connectivity index (χ3v) is 3.58. The summed E-state index contributed by atoms with van der Waals surface area (Å²) < 4.78 is 10.4. The highest BCUT2D eigenvalue weighted by Gasteiger charge is 2.23. The molecule has 24 heavy (non-hydrogen) atoms. The molecule has 134 valence electrons. The van der Waals surface area contributed by atoms with Gasteiger partial charge in [-0.2, -0.15) is 0 Å². The summed E-state index contributed by atoms with van der Waals surface area (Å²) in [7, 11) is 0. The minimum Gasteiger partial charge on any atom is -0.464 e. The van der Waals surface area contributed by atoms with E-state index in [0.29, 0.717) is 19.6 Å². The van der Waals surface area contributed by atoms with Crippen molar-refractivity contribution in [1.82, 2.24) is 5.32 Å². The fraction of sp³-hybridized carbons (Fsp3) is 0.579. The van der Waals surface area contributed by atoms with Crippen molar-refractivity contribution in [2.75, 3.05) is 13.2 Å². The van der Waals surface area contributed by atoms with Crippen LogP contribution >= 0.6 is 0 Å². The molecule has 0 heterocycles. The van der Waals surface area contributed by atoms with E-state index in [4.69, 9.17) is 9.47 Å². The summed E-state index contributed by atoms with van der Waals surface area (Å²) in [5, 5.41) is 2.63. The Morgan fingerprint density at radius 2 is 1.62 bits per heavy atom. The smallest absolute Gasteiger partial charge is 0.407 e. The maximum Gasteiger partial charge on any atom is 0.407 e. The van der Waals surface area contributed by atoms with E-state index in [0.717, 1.165) is 37.7 Å². The van der Waals surface area contributed by atoms with E-state index in [9.17, 15) is 9.59 Å². The Balaban J connectivity index is 2.57. The highest BCUT2D eigenvalue weighted by atomic mass is 16.6. The van der Waals surface area contributed by atoms with Crippen molar-refractivity contribution in [3.63, 3.8) is 0 Å². The summed E-state index contributed by atoms with van der Waals surface area (Å²) >= 11 is 0. The number of unbranched alkanes of at least 4 members (excludes halogenated alkanes) is 3. The molecule has 0 aliphatic carbocycles. The highest BCUT2D eigenvalue weighted by Crippen LogP contribution is 2.06. The van der Waals surface area contributed by atoms with Gasteiger partial charge in [0.1, 0.15) is 6.04 Å². The Morgan fingerprint density at radius 3 is 2.29 bits per heavy atom. The van der Waals surface area contributed by atoms with Gasteiger partial charge >= 0.3 is 12.1 Å². The second-order valence-electron chi connectivity index (χ2n) is 5.75. The molecule has 0 unspecified atom stereocenters. The number of benzene rings is 1. The molecule has 1 aromatic rings. The third kappa shape index (κ3) is 8.56. The first-order valence-corrected chi connectivity index (χ1v) is 8.81. The molecule has 1 rings (SSSR count). The van der Waals surface area contributed by atoms with Gasteiger partial charge in [0.2, 0.25) is 0 Å². The Hall–Kier alpha value is -2.04. The third-order valence-electron chi connectivity index (χ3n) is 3.58. The molecular weight excluding hydrogens is 306 g/mol. The van der Waals surface area contributed by atoms with Gasteiger partial charge < -0.3 is 14.8 Å². The van der Waals surface area contributed by atoms with Crippen LogP contribution in [0.5, 0.6) is 0 Å². The van der Waals surface area contributed by atoms with Crippen molar-refractivity contribution in [2.45, 2.75) is 58.4 Å². The predicted octanol–water partition coefficient (Wildman–Crippen LogP) is 3.86. The lowest BCUT2D eigenvalue weighted by molar-refractivity contribution is -0.146. The molecule has 1 atom stereocenters. The minimum atomic E-state index is -0.733. The van der Waals surface area contributed by atoms with E-state index in [2.05, 4.69) is 12.2 Å². The number of alkyl carbamates (subject to hydrolysis) is 1. The summed E-state index contributed by atoms with van der Waals surface area (Å²) in [6.07, 6.45) is 4.47. The molecule has 1 aromatic carbocycles. The predicted molar refractivity (Wildman–Crippen MR) is 93.8 cm³/mol. The summed E-state index contributed by atoms with van der Waals surface area (Å²) in [4.78, 5) is 24.1. The van der Waals surface area contributed by atoms with Crippen LogP contribution in [0.1, 0.15) is 51.5 Å². The van der Waals surface area contributed by atoms with Crippen LogP contribution in [0.2, 0.25) is 0 Å². The number of hydrogen-bond donors (Lipinski definition) is 1. The van der Waals surface area contributed by atoms with Crippen molar-refractivity contribution >= 4 is 12.1 Å². The van der Waals surface area contributed by atoms with Crippen molar-refractivity contribution in [1.29, 1.82) is 0 Å². The first kappa shape index (κ1) is 20.0. The van der Waals surface area contributed by atoms with E-state index in [1.54, 1.807) is 0 Å². The Bertz CT molecular complexity index is 476. The normalized spacial score (nSPS) is 11.6. The van der Waals surface area contributed by atoms with Crippen LogP contribution in [0.4, 0.5) is 4.79 Å². The molecule has 0 bridgehead atoms. The number of carbonyl (C=O) groups excluding carboxylic acids is 2. The van der Waals surface area contributed by atoms with Crippen LogP contribution in [0.25, 0.3) is 0 Å². The molecule has 1 amide bonds. The van der Waals surface area contributed by atoms with Gasteiger partial charge in [-0.1, -0.05) is 63.4 Å². The van der Waals surface area contributed by atoms with Crippen molar-refractivity contribution in [3.05, 3.63) is 35.9 Å². The molecule has 0 radical (unpaired) electrons. The zero-order chi connectivity index (χ0) is 17.6. The lowest BCUT2D eigenvalue weighted by Gasteiger charge is -2.18. The Morgan fingerprint density at radius 1 is 0.958 bits per heavy atom. The van der Waals surface area contributed by atoms with Gasteiger partial charge in [-0.3, -0.25) is 0 Å².